The molecule has 158 valence electrons. The number of amides is 3. The SMILES string of the molecule is CCOC(=O)CN1C(=O)C2C(N=C3N(c4ccccc4C)C(C)=C(C)N32)N(C)C1=O. The maximum atomic E-state index is 13.3. The molecule has 9 heteroatoms. The number of carbonyl (C=O) groups is 3. The number of anilines is 1. The van der Waals surface area contributed by atoms with Crippen LogP contribution in [0, 0.1) is 6.92 Å². The first-order chi connectivity index (χ1) is 14.3. The third-order valence-electron chi connectivity index (χ3n) is 5.84. The van der Waals surface area contributed by atoms with E-state index in [4.69, 9.17) is 9.73 Å². The zero-order valence-corrected chi connectivity index (χ0v) is 17.7. The van der Waals surface area contributed by atoms with E-state index in [9.17, 15) is 14.4 Å². The van der Waals surface area contributed by atoms with Gasteiger partial charge in [-0.25, -0.2) is 9.79 Å². The molecule has 2 unspecified atom stereocenters. The summed E-state index contributed by atoms with van der Waals surface area (Å²) < 4.78 is 4.94. The standard InChI is InChI=1S/C21H25N5O4/c1-6-30-16(27)11-24-19(28)17-18(23(5)21(24)29)22-20-25(13(3)14(4)26(17)20)15-10-8-7-9-12(15)2/h7-10,17-18H,6,11H2,1-5H3. The lowest BCUT2D eigenvalue weighted by atomic mass is 10.1. The summed E-state index contributed by atoms with van der Waals surface area (Å²) in [5, 5.41) is 0. The van der Waals surface area contributed by atoms with E-state index in [1.807, 2.05) is 54.8 Å². The molecule has 3 amide bonds. The van der Waals surface area contributed by atoms with Crippen molar-refractivity contribution in [1.29, 1.82) is 0 Å². The zero-order chi connectivity index (χ0) is 21.7. The van der Waals surface area contributed by atoms with Gasteiger partial charge in [0.1, 0.15) is 6.54 Å². The molecule has 0 saturated carbocycles. The molecule has 0 spiro atoms. The maximum absolute atomic E-state index is 13.3. The summed E-state index contributed by atoms with van der Waals surface area (Å²) in [7, 11) is 1.60. The van der Waals surface area contributed by atoms with Crippen LogP contribution in [-0.4, -0.2) is 71.0 Å². The maximum Gasteiger partial charge on any atom is 0.328 e. The summed E-state index contributed by atoms with van der Waals surface area (Å²) in [6.45, 7) is 7.39. The second-order valence-electron chi connectivity index (χ2n) is 7.57. The lowest BCUT2D eigenvalue weighted by Crippen LogP contribution is -2.65. The van der Waals surface area contributed by atoms with Crippen LogP contribution in [0.5, 0.6) is 0 Å². The van der Waals surface area contributed by atoms with Crippen molar-refractivity contribution in [2.45, 2.75) is 39.9 Å². The molecule has 1 aromatic rings. The van der Waals surface area contributed by atoms with Crippen molar-refractivity contribution in [3.8, 4) is 0 Å². The van der Waals surface area contributed by atoms with Gasteiger partial charge in [-0.3, -0.25) is 24.3 Å². The van der Waals surface area contributed by atoms with Crippen LogP contribution in [0.2, 0.25) is 0 Å². The number of hydrogen-bond acceptors (Lipinski definition) is 7. The number of rotatable bonds is 4. The van der Waals surface area contributed by atoms with Crippen LogP contribution in [0.1, 0.15) is 26.3 Å². The highest BCUT2D eigenvalue weighted by Crippen LogP contribution is 2.40. The second kappa shape index (κ2) is 7.16. The van der Waals surface area contributed by atoms with Gasteiger partial charge in [0, 0.05) is 18.4 Å². The Morgan fingerprint density at radius 2 is 1.83 bits per heavy atom. The van der Waals surface area contributed by atoms with Gasteiger partial charge in [0.15, 0.2) is 12.2 Å². The largest absolute Gasteiger partial charge is 0.465 e. The van der Waals surface area contributed by atoms with E-state index < -0.39 is 36.7 Å². The Balaban J connectivity index is 1.72. The Morgan fingerprint density at radius 3 is 2.50 bits per heavy atom. The number of nitrogens with zero attached hydrogens (tertiary/aromatic N) is 5. The molecule has 4 rings (SSSR count). The van der Waals surface area contributed by atoms with Gasteiger partial charge in [-0.15, -0.1) is 0 Å². The predicted octanol–water partition coefficient (Wildman–Crippen LogP) is 1.89. The van der Waals surface area contributed by atoms with Gasteiger partial charge in [0.05, 0.1) is 12.3 Å². The monoisotopic (exact) mass is 411 g/mol. The number of aliphatic imine (C=N–C) groups is 1. The number of hydrogen-bond donors (Lipinski definition) is 0. The molecule has 3 heterocycles. The minimum Gasteiger partial charge on any atom is -0.465 e. The number of guanidine groups is 1. The van der Waals surface area contributed by atoms with Crippen molar-refractivity contribution in [2.75, 3.05) is 25.1 Å². The Morgan fingerprint density at radius 1 is 1.13 bits per heavy atom. The highest BCUT2D eigenvalue weighted by molar-refractivity contribution is 6.11. The third kappa shape index (κ3) is 2.76. The fourth-order valence-electron chi connectivity index (χ4n) is 4.20. The summed E-state index contributed by atoms with van der Waals surface area (Å²) in [6, 6.07) is 6.67. The molecule has 0 aliphatic carbocycles. The predicted molar refractivity (Wildman–Crippen MR) is 110 cm³/mol. The number of aryl methyl sites for hydroxylation is 1. The molecule has 1 fully saturated rings. The smallest absolute Gasteiger partial charge is 0.328 e. The number of fused-ring (bicyclic) bond motifs is 3. The Kier molecular flexibility index (Phi) is 4.76. The number of allylic oxidation sites excluding steroid dienone is 2. The molecular formula is C21H25N5O4. The molecule has 0 radical (unpaired) electrons. The first-order valence-corrected chi connectivity index (χ1v) is 9.92. The topological polar surface area (TPSA) is 85.8 Å². The molecular weight excluding hydrogens is 386 g/mol. The average Bonchev–Trinajstić information content (AvgIpc) is 3.21. The van der Waals surface area contributed by atoms with E-state index in [0.29, 0.717) is 5.96 Å². The van der Waals surface area contributed by atoms with Crippen molar-refractivity contribution >= 4 is 29.6 Å². The van der Waals surface area contributed by atoms with Gasteiger partial charge >= 0.3 is 12.0 Å². The number of esters is 1. The Labute approximate surface area is 175 Å². The van der Waals surface area contributed by atoms with Crippen molar-refractivity contribution in [1.82, 2.24) is 14.7 Å². The molecule has 2 atom stereocenters. The van der Waals surface area contributed by atoms with E-state index >= 15 is 0 Å². The number of carbonyl (C=O) groups excluding carboxylic acids is 3. The van der Waals surface area contributed by atoms with Gasteiger partial charge in [-0.2, -0.15) is 0 Å². The average molecular weight is 411 g/mol. The molecule has 0 N–H and O–H groups in total. The number of imide groups is 1. The van der Waals surface area contributed by atoms with Gasteiger partial charge < -0.3 is 9.64 Å². The fourth-order valence-corrected chi connectivity index (χ4v) is 4.20. The number of benzene rings is 1. The molecule has 3 aliphatic rings. The second-order valence-corrected chi connectivity index (χ2v) is 7.57. The van der Waals surface area contributed by atoms with Crippen molar-refractivity contribution in [3.05, 3.63) is 41.2 Å². The number of para-hydroxylation sites is 1. The number of urea groups is 1. The summed E-state index contributed by atoms with van der Waals surface area (Å²) in [5.74, 6) is -0.453. The molecule has 30 heavy (non-hydrogen) atoms. The molecule has 0 bridgehead atoms. The molecule has 9 nitrogen and oxygen atoms in total. The lowest BCUT2D eigenvalue weighted by molar-refractivity contribution is -0.150. The van der Waals surface area contributed by atoms with E-state index in [2.05, 4.69) is 0 Å². The van der Waals surface area contributed by atoms with Gasteiger partial charge in [0.2, 0.25) is 5.96 Å². The lowest BCUT2D eigenvalue weighted by Gasteiger charge is -2.40. The molecule has 3 aliphatic heterocycles. The van der Waals surface area contributed by atoms with Crippen LogP contribution in [0.25, 0.3) is 0 Å². The van der Waals surface area contributed by atoms with Crippen molar-refractivity contribution < 1.29 is 19.1 Å². The van der Waals surface area contributed by atoms with E-state index in [-0.39, 0.29) is 6.61 Å². The fraction of sp³-hybridized carbons (Fsp3) is 0.429. The third-order valence-corrected chi connectivity index (χ3v) is 5.84. The summed E-state index contributed by atoms with van der Waals surface area (Å²) in [4.78, 5) is 49.1. The van der Waals surface area contributed by atoms with Crippen LogP contribution in [0.15, 0.2) is 40.7 Å². The minimum atomic E-state index is -0.721. The first-order valence-electron chi connectivity index (χ1n) is 9.92. The summed E-state index contributed by atoms with van der Waals surface area (Å²) in [5.41, 5.74) is 3.89. The van der Waals surface area contributed by atoms with Gasteiger partial charge in [-0.05, 0) is 39.3 Å². The Hall–Kier alpha value is -3.36. The van der Waals surface area contributed by atoms with Crippen LogP contribution in [-0.2, 0) is 14.3 Å². The van der Waals surface area contributed by atoms with E-state index in [1.165, 1.54) is 4.90 Å². The van der Waals surface area contributed by atoms with Crippen molar-refractivity contribution in [3.63, 3.8) is 0 Å². The molecule has 1 saturated heterocycles. The minimum absolute atomic E-state index is 0.183. The van der Waals surface area contributed by atoms with Crippen LogP contribution >= 0.6 is 0 Å². The van der Waals surface area contributed by atoms with Crippen LogP contribution in [0.3, 0.4) is 0 Å². The van der Waals surface area contributed by atoms with Gasteiger partial charge in [-0.1, -0.05) is 18.2 Å². The highest BCUT2D eigenvalue weighted by atomic mass is 16.5. The zero-order valence-electron chi connectivity index (χ0n) is 17.7. The van der Waals surface area contributed by atoms with Crippen LogP contribution < -0.4 is 4.90 Å². The van der Waals surface area contributed by atoms with Crippen molar-refractivity contribution in [2.24, 2.45) is 4.99 Å². The summed E-state index contributed by atoms with van der Waals surface area (Å²) in [6.07, 6.45) is -0.659. The molecule has 0 aromatic heterocycles. The highest BCUT2D eigenvalue weighted by Gasteiger charge is 2.56. The van der Waals surface area contributed by atoms with Crippen LogP contribution in [0.4, 0.5) is 10.5 Å². The van der Waals surface area contributed by atoms with Gasteiger partial charge in [0.25, 0.3) is 5.91 Å². The first kappa shape index (κ1) is 19.9. The quantitative estimate of drug-likeness (QED) is 0.704. The summed E-state index contributed by atoms with van der Waals surface area (Å²) >= 11 is 0. The number of likely N-dealkylation sites (N-methyl/N-ethyl adjacent to an activating group) is 1. The van der Waals surface area contributed by atoms with E-state index in [0.717, 1.165) is 27.5 Å². The number of ether oxygens (including phenoxy) is 1. The van der Waals surface area contributed by atoms with E-state index in [1.54, 1.807) is 14.0 Å². The Bertz CT molecular complexity index is 1000. The molecule has 1 aromatic carbocycles. The normalized spacial score (nSPS) is 23.2.